The fraction of sp³-hybridized carbons (Fsp3) is 0.493. The molecule has 2 bridgehead atoms. The summed E-state index contributed by atoms with van der Waals surface area (Å²) < 4.78 is 88.7. The van der Waals surface area contributed by atoms with Gasteiger partial charge >= 0.3 is 35.1 Å². The number of fused-ring (bicyclic) bond motifs is 2. The van der Waals surface area contributed by atoms with Gasteiger partial charge < -0.3 is 38.1 Å². The molecule has 3 saturated heterocycles. The van der Waals surface area contributed by atoms with Crippen LogP contribution in [0.25, 0.3) is 0 Å². The fourth-order valence-electron chi connectivity index (χ4n) is 9.01. The van der Waals surface area contributed by atoms with E-state index in [1.165, 1.54) is 51.8 Å². The molecule has 8 atom stereocenters. The molecule has 0 amide bonds. The van der Waals surface area contributed by atoms with Gasteiger partial charge in [0.25, 0.3) is 0 Å². The van der Waals surface area contributed by atoms with Crippen molar-refractivity contribution in [3.8, 4) is 11.5 Å². The highest BCUT2D eigenvalue weighted by Gasteiger charge is 2.65. The van der Waals surface area contributed by atoms with Gasteiger partial charge in [-0.05, 0) is 185 Å². The number of phenols is 1. The van der Waals surface area contributed by atoms with Gasteiger partial charge in [-0.1, -0.05) is 113 Å². The lowest BCUT2D eigenvalue weighted by Gasteiger charge is -2.33. The zero-order valence-electron chi connectivity index (χ0n) is 53.1. The summed E-state index contributed by atoms with van der Waals surface area (Å²) in [7, 11) is -5.87. The summed E-state index contributed by atoms with van der Waals surface area (Å²) in [6, 6.07) is 46.6. The molecule has 0 aromatic heterocycles. The summed E-state index contributed by atoms with van der Waals surface area (Å²) in [5.41, 5.74) is 0.124. The van der Waals surface area contributed by atoms with Crippen molar-refractivity contribution >= 4 is 50.9 Å². The van der Waals surface area contributed by atoms with E-state index in [1.54, 1.807) is 19.1 Å². The minimum atomic E-state index is -5.86. The van der Waals surface area contributed by atoms with Crippen LogP contribution in [0.2, 0.25) is 0 Å². The maximum Gasteiger partial charge on any atom is 0.369 e. The van der Waals surface area contributed by atoms with E-state index in [0.717, 1.165) is 25.7 Å². The second kappa shape index (κ2) is 30.7. The Morgan fingerprint density at radius 2 is 1.07 bits per heavy atom. The predicted molar refractivity (Wildman–Crippen MR) is 331 cm³/mol. The number of aryl methyl sites for hydroxylation is 1. The van der Waals surface area contributed by atoms with Crippen LogP contribution in [0, 0.1) is 33.5 Å². The number of alkyl halides is 2. The molecule has 1 aliphatic carbocycles. The first-order valence-electron chi connectivity index (χ1n) is 30.0. The van der Waals surface area contributed by atoms with Crippen molar-refractivity contribution in [1.29, 1.82) is 0 Å². The molecule has 15 nitrogen and oxygen atoms in total. The Morgan fingerprint density at radius 1 is 0.636 bits per heavy atom. The maximum atomic E-state index is 13.0. The summed E-state index contributed by atoms with van der Waals surface area (Å²) in [4.78, 5) is 63.1. The molecular weight excluding hydrogens is 1170 g/mol. The number of hydrogen-bond acceptors (Lipinski definition) is 15. The topological polar surface area (TPSA) is 218 Å². The molecule has 5 aromatic rings. The van der Waals surface area contributed by atoms with Crippen LogP contribution >= 0.6 is 0 Å². The highest BCUT2D eigenvalue weighted by molar-refractivity contribution is 7.97. The molecular formula is C69H88F2O15S2. The number of halogens is 2. The largest absolute Gasteiger partial charge is 0.743 e. The monoisotopic (exact) mass is 1260 g/mol. The van der Waals surface area contributed by atoms with Crippen molar-refractivity contribution in [2.75, 3.05) is 0 Å². The highest BCUT2D eigenvalue weighted by Crippen LogP contribution is 2.48. The Bertz CT molecular complexity index is 3120. The minimum absolute atomic E-state index is 0.0146. The van der Waals surface area contributed by atoms with Gasteiger partial charge in [0.15, 0.2) is 43.1 Å². The first-order valence-corrected chi connectivity index (χ1v) is 32.6. The maximum absolute atomic E-state index is 13.0. The molecule has 480 valence electrons. The third kappa shape index (κ3) is 18.5. The average molecular weight is 1260 g/mol. The molecule has 1 N–H and O–H groups in total. The summed E-state index contributed by atoms with van der Waals surface area (Å²) >= 11 is 0. The van der Waals surface area contributed by atoms with Crippen molar-refractivity contribution in [2.24, 2.45) is 33.5 Å². The molecule has 8 unspecified atom stereocenters. The highest BCUT2D eigenvalue weighted by atomic mass is 32.2. The molecule has 3 aliphatic heterocycles. The van der Waals surface area contributed by atoms with Crippen molar-refractivity contribution in [1.82, 2.24) is 0 Å². The lowest BCUT2D eigenvalue weighted by molar-refractivity contribution is -0.170. The molecule has 9 rings (SSSR count). The van der Waals surface area contributed by atoms with E-state index in [9.17, 15) is 45.7 Å². The standard InChI is InChI=1S/C18H15S.C17H24O2.C13H18O5.C12H16O3.C9H16F2O5S/c1-4-10-16(11-5-1)19(17-12-6-2-7-13-17)18-14-8-3-9-15-18;1-5-17(3,4)16(18)19-15-12(2)10-11-13-8-6-7-9-14(13)15;1-4-13(2,3)12(15)18-9-7-5-6-8(16-7)10(9)17-11(6)14;1-4-12(2,3)11(14)15-10-7-5-9(13)6-8-10;1-5-8(3,4)7(12)16-6(2)9(10,11)17(13,14)15/h1-15H;6-9,12,15H,5,10-11H2,1-4H3;6-10H,4-5H2,1-3H3;5-8,13H,4H2,1-3H3;6H,5H2,1-4H3,(H,13,14,15)/q+1;;;;/p-1. The Kier molecular flexibility index (Phi) is 25.1. The lowest BCUT2D eigenvalue weighted by atomic mass is 9.82. The summed E-state index contributed by atoms with van der Waals surface area (Å²) in [6.45, 7) is 24.6. The second-order valence-corrected chi connectivity index (χ2v) is 28.4. The Hall–Kier alpha value is -6.67. The smallest absolute Gasteiger partial charge is 0.369 e. The van der Waals surface area contributed by atoms with Gasteiger partial charge in [0.05, 0.1) is 44.6 Å². The average Bonchev–Trinajstić information content (AvgIpc) is 2.06. The Morgan fingerprint density at radius 3 is 1.53 bits per heavy atom. The molecule has 0 spiro atoms. The van der Waals surface area contributed by atoms with Crippen LogP contribution in [0.1, 0.15) is 153 Å². The van der Waals surface area contributed by atoms with Crippen molar-refractivity contribution in [3.63, 3.8) is 0 Å². The lowest BCUT2D eigenvalue weighted by Crippen LogP contribution is -2.44. The third-order valence-corrected chi connectivity index (χ3v) is 20.1. The number of hydrogen-bond donors (Lipinski definition) is 1. The number of benzene rings is 5. The Balaban J connectivity index is 0.000000201. The zero-order valence-corrected chi connectivity index (χ0v) is 54.7. The number of ether oxygens (including phenoxy) is 6. The second-order valence-electron chi connectivity index (χ2n) is 24.9. The third-order valence-electron chi connectivity index (χ3n) is 16.8. The summed E-state index contributed by atoms with van der Waals surface area (Å²) in [5, 5.41) is 4.42. The van der Waals surface area contributed by atoms with E-state index in [-0.39, 0.29) is 64.8 Å². The number of aromatic hydroxyl groups is 1. The molecule has 3 fully saturated rings. The predicted octanol–water partition coefficient (Wildman–Crippen LogP) is 14.3. The first kappa shape index (κ1) is 72.1. The van der Waals surface area contributed by atoms with Crippen LogP contribution in [0.4, 0.5) is 8.78 Å². The summed E-state index contributed by atoms with van der Waals surface area (Å²) in [6.07, 6.45) is 1.76. The van der Waals surface area contributed by atoms with E-state index in [4.69, 9.17) is 28.8 Å². The number of phenolic OH excluding ortho intramolecular Hbond substituents is 1. The molecule has 4 aliphatic rings. The van der Waals surface area contributed by atoms with E-state index in [2.05, 4.69) is 121 Å². The van der Waals surface area contributed by atoms with Crippen LogP contribution < -0.4 is 4.74 Å². The van der Waals surface area contributed by atoms with Crippen LogP contribution in [-0.2, 0) is 75.1 Å². The van der Waals surface area contributed by atoms with Crippen LogP contribution in [0.5, 0.6) is 11.5 Å². The number of rotatable bonds is 17. The van der Waals surface area contributed by atoms with Gasteiger partial charge in [-0.3, -0.25) is 24.0 Å². The fourth-order valence-corrected chi connectivity index (χ4v) is 11.6. The van der Waals surface area contributed by atoms with E-state index in [1.807, 2.05) is 68.4 Å². The first-order chi connectivity index (χ1) is 41.2. The van der Waals surface area contributed by atoms with Crippen molar-refractivity contribution in [3.05, 3.63) is 151 Å². The number of carbonyl (C=O) groups excluding carboxylic acids is 5. The molecule has 5 aromatic carbocycles. The molecule has 19 heteroatoms. The number of esters is 5. The van der Waals surface area contributed by atoms with Crippen LogP contribution in [-0.4, -0.2) is 83.7 Å². The molecule has 0 radical (unpaired) electrons. The molecule has 88 heavy (non-hydrogen) atoms. The van der Waals surface area contributed by atoms with Crippen LogP contribution in [0.3, 0.4) is 0 Å². The quantitative estimate of drug-likeness (QED) is 0.0301. The normalized spacial score (nSPS) is 20.5. The zero-order chi connectivity index (χ0) is 65.6. The van der Waals surface area contributed by atoms with E-state index < -0.39 is 61.3 Å². The van der Waals surface area contributed by atoms with Gasteiger partial charge in [-0.15, -0.1) is 0 Å². The molecule has 3 heterocycles. The van der Waals surface area contributed by atoms with Gasteiger partial charge in [-0.25, -0.2) is 8.42 Å². The van der Waals surface area contributed by atoms with Gasteiger partial charge in [0.2, 0.25) is 0 Å². The minimum Gasteiger partial charge on any atom is -0.743 e. The van der Waals surface area contributed by atoms with Gasteiger partial charge in [0.1, 0.15) is 23.7 Å². The molecule has 0 saturated carbocycles. The SMILES string of the molecule is CCC(C)(C)C(=O)OC(C)C(F)(F)S(=O)(=O)[O-].CCC(C)(C)C(=O)OC1C2CC3C(=O)OC1C3O2.CCC(C)(C)C(=O)OC1c2ccccc2CCC1C.CCC(C)(C)C(=O)Oc1ccc(O)cc1.c1ccc([S+](c2ccccc2)c2ccccc2)cc1. The van der Waals surface area contributed by atoms with Crippen LogP contribution in [0.15, 0.2) is 154 Å². The van der Waals surface area contributed by atoms with E-state index in [0.29, 0.717) is 37.9 Å². The summed E-state index contributed by atoms with van der Waals surface area (Å²) in [5.74, 6) is -0.897. The van der Waals surface area contributed by atoms with Crippen molar-refractivity contribution in [2.45, 2.75) is 198 Å². The van der Waals surface area contributed by atoms with Gasteiger partial charge in [-0.2, -0.15) is 8.78 Å². The van der Waals surface area contributed by atoms with E-state index >= 15 is 0 Å². The van der Waals surface area contributed by atoms with Gasteiger partial charge in [0, 0.05) is 0 Å². The number of carbonyl (C=O) groups is 5. The Labute approximate surface area is 521 Å². The van der Waals surface area contributed by atoms with Crippen molar-refractivity contribution < 1.29 is 79.3 Å².